The number of hydrogen-bond acceptors (Lipinski definition) is 2. The van der Waals surface area contributed by atoms with E-state index in [1.54, 1.807) is 0 Å². The quantitative estimate of drug-likeness (QED) is 0.387. The zero-order valence-corrected chi connectivity index (χ0v) is 16.2. The molecule has 0 radical (unpaired) electrons. The first-order chi connectivity index (χ1) is 14.8. The monoisotopic (exact) mass is 389 g/mol. The van der Waals surface area contributed by atoms with Crippen LogP contribution in [0, 0.1) is 0 Å². The molecule has 0 spiro atoms. The minimum atomic E-state index is -0.154. The number of nitrogens with one attached hydrogen (secondary N) is 2. The summed E-state index contributed by atoms with van der Waals surface area (Å²) in [5.41, 5.74) is 6.23. The molecule has 0 fully saturated rings. The first-order valence-electron chi connectivity index (χ1n) is 9.79. The van der Waals surface area contributed by atoms with Gasteiger partial charge in [-0.1, -0.05) is 66.7 Å². The molecule has 144 valence electrons. The Morgan fingerprint density at radius 3 is 2.17 bits per heavy atom. The molecule has 0 bridgehead atoms. The molecular weight excluding hydrogens is 370 g/mol. The van der Waals surface area contributed by atoms with Gasteiger partial charge in [-0.15, -0.1) is 0 Å². The van der Waals surface area contributed by atoms with Crippen molar-refractivity contribution in [3.05, 3.63) is 109 Å². The third-order valence-corrected chi connectivity index (χ3v) is 5.07. The zero-order chi connectivity index (χ0) is 20.3. The lowest BCUT2D eigenvalue weighted by Gasteiger charge is -2.10. The molecule has 5 rings (SSSR count). The lowest BCUT2D eigenvalue weighted by molar-refractivity contribution is 0.102. The largest absolute Gasteiger partial charge is 0.338 e. The van der Waals surface area contributed by atoms with E-state index in [2.05, 4.69) is 27.4 Å². The van der Waals surface area contributed by atoms with Crippen LogP contribution in [0.1, 0.15) is 10.4 Å². The van der Waals surface area contributed by atoms with Crippen molar-refractivity contribution in [3.8, 4) is 22.5 Å². The van der Waals surface area contributed by atoms with E-state index < -0.39 is 0 Å². The van der Waals surface area contributed by atoms with Gasteiger partial charge in [0.2, 0.25) is 0 Å². The number of aromatic nitrogens is 2. The Kier molecular flexibility index (Phi) is 4.58. The lowest BCUT2D eigenvalue weighted by Crippen LogP contribution is -2.12. The maximum absolute atomic E-state index is 12.9. The first-order valence-corrected chi connectivity index (χ1v) is 9.79. The van der Waals surface area contributed by atoms with E-state index in [4.69, 9.17) is 0 Å². The van der Waals surface area contributed by atoms with Crippen molar-refractivity contribution < 1.29 is 4.79 Å². The van der Waals surface area contributed by atoms with Crippen molar-refractivity contribution in [1.82, 2.24) is 9.97 Å². The highest BCUT2D eigenvalue weighted by molar-refractivity contribution is 6.06. The van der Waals surface area contributed by atoms with Gasteiger partial charge in [0.25, 0.3) is 5.91 Å². The summed E-state index contributed by atoms with van der Waals surface area (Å²) in [5.74, 6) is 0.574. The number of benzene rings is 4. The van der Waals surface area contributed by atoms with Gasteiger partial charge in [0.05, 0.1) is 16.7 Å². The fraction of sp³-hybridized carbons (Fsp3) is 0. The summed E-state index contributed by atoms with van der Waals surface area (Å²) in [5, 5.41) is 3.03. The molecule has 1 amide bonds. The van der Waals surface area contributed by atoms with E-state index in [-0.39, 0.29) is 5.91 Å². The summed E-state index contributed by atoms with van der Waals surface area (Å²) < 4.78 is 0. The van der Waals surface area contributed by atoms with Crippen LogP contribution in [-0.2, 0) is 0 Å². The normalized spacial score (nSPS) is 10.8. The van der Waals surface area contributed by atoms with Gasteiger partial charge in [0, 0.05) is 11.1 Å². The van der Waals surface area contributed by atoms with Crippen molar-refractivity contribution in [2.45, 2.75) is 0 Å². The molecule has 4 heteroatoms. The van der Waals surface area contributed by atoms with Crippen LogP contribution in [0.5, 0.6) is 0 Å². The third-order valence-electron chi connectivity index (χ3n) is 5.07. The van der Waals surface area contributed by atoms with E-state index in [0.717, 1.165) is 33.5 Å². The molecule has 0 aliphatic carbocycles. The highest BCUT2D eigenvalue weighted by atomic mass is 16.1. The molecule has 1 heterocycles. The highest BCUT2D eigenvalue weighted by Gasteiger charge is 2.13. The number of nitrogens with zero attached hydrogens (tertiary/aromatic N) is 1. The van der Waals surface area contributed by atoms with E-state index >= 15 is 0 Å². The first kappa shape index (κ1) is 17.9. The molecule has 1 aromatic heterocycles. The lowest BCUT2D eigenvalue weighted by atomic mass is 10.0. The minimum absolute atomic E-state index is 0.154. The summed E-state index contributed by atoms with van der Waals surface area (Å²) >= 11 is 0. The second-order valence-corrected chi connectivity index (χ2v) is 7.05. The average Bonchev–Trinajstić information content (AvgIpc) is 3.24. The Hall–Kier alpha value is -4.18. The molecule has 0 saturated heterocycles. The molecule has 0 atom stereocenters. The van der Waals surface area contributed by atoms with Crippen LogP contribution >= 0.6 is 0 Å². The van der Waals surface area contributed by atoms with E-state index in [0.29, 0.717) is 11.3 Å². The predicted molar refractivity (Wildman–Crippen MR) is 121 cm³/mol. The third kappa shape index (κ3) is 3.47. The van der Waals surface area contributed by atoms with E-state index in [1.807, 2.05) is 91.0 Å². The summed E-state index contributed by atoms with van der Waals surface area (Å²) in [6.07, 6.45) is 0. The number of H-pyrrole nitrogens is 1. The Labute approximate surface area is 174 Å². The molecular formula is C26H19N3O. The predicted octanol–water partition coefficient (Wildman–Crippen LogP) is 6.15. The van der Waals surface area contributed by atoms with Gasteiger partial charge in [-0.2, -0.15) is 0 Å². The van der Waals surface area contributed by atoms with Crippen LogP contribution in [0.3, 0.4) is 0 Å². The van der Waals surface area contributed by atoms with Crippen molar-refractivity contribution in [1.29, 1.82) is 0 Å². The smallest absolute Gasteiger partial charge is 0.255 e. The van der Waals surface area contributed by atoms with Gasteiger partial charge < -0.3 is 10.3 Å². The van der Waals surface area contributed by atoms with Gasteiger partial charge in [0.1, 0.15) is 5.82 Å². The molecule has 0 aliphatic rings. The number of amides is 1. The number of fused-ring (bicyclic) bond motifs is 1. The van der Waals surface area contributed by atoms with Crippen molar-refractivity contribution >= 4 is 22.6 Å². The molecule has 2 N–H and O–H groups in total. The van der Waals surface area contributed by atoms with E-state index in [9.17, 15) is 4.79 Å². The second kappa shape index (κ2) is 7.68. The number of para-hydroxylation sites is 3. The van der Waals surface area contributed by atoms with Gasteiger partial charge in [0.15, 0.2) is 0 Å². The number of anilines is 1. The maximum Gasteiger partial charge on any atom is 0.255 e. The van der Waals surface area contributed by atoms with Crippen LogP contribution in [0.15, 0.2) is 103 Å². The van der Waals surface area contributed by atoms with E-state index in [1.165, 1.54) is 0 Å². The van der Waals surface area contributed by atoms with Gasteiger partial charge in [-0.05, 0) is 47.5 Å². The topological polar surface area (TPSA) is 57.8 Å². The zero-order valence-electron chi connectivity index (χ0n) is 16.2. The standard InChI is InChI=1S/C26H19N3O/c30-26(20-16-14-19(15-17-20)18-8-2-1-3-9-18)29-22-11-5-4-10-21(22)25-27-23-12-6-7-13-24(23)28-25/h1-17H,(H,27,28)(H,29,30). The number of carbonyl (C=O) groups excluding carboxylic acids is 1. The number of rotatable bonds is 4. The SMILES string of the molecule is O=C(Nc1ccccc1-c1nc2ccccc2[nH]1)c1ccc(-c2ccccc2)cc1. The Morgan fingerprint density at radius 2 is 1.37 bits per heavy atom. The van der Waals surface area contributed by atoms with Crippen LogP contribution < -0.4 is 5.32 Å². The average molecular weight is 389 g/mol. The molecule has 4 nitrogen and oxygen atoms in total. The molecule has 0 saturated carbocycles. The molecule has 4 aromatic carbocycles. The number of carbonyl (C=O) groups is 1. The van der Waals surface area contributed by atoms with Crippen molar-refractivity contribution in [2.75, 3.05) is 5.32 Å². The molecule has 5 aromatic rings. The van der Waals surface area contributed by atoms with Crippen LogP contribution in [0.25, 0.3) is 33.5 Å². The van der Waals surface area contributed by atoms with Gasteiger partial charge in [-0.3, -0.25) is 4.79 Å². The fourth-order valence-corrected chi connectivity index (χ4v) is 3.52. The summed E-state index contributed by atoms with van der Waals surface area (Å²) in [6, 6.07) is 33.3. The number of hydrogen-bond donors (Lipinski definition) is 2. The molecule has 0 unspecified atom stereocenters. The fourth-order valence-electron chi connectivity index (χ4n) is 3.52. The van der Waals surface area contributed by atoms with Crippen LogP contribution in [0.2, 0.25) is 0 Å². The highest BCUT2D eigenvalue weighted by Crippen LogP contribution is 2.28. The Bertz CT molecular complexity index is 1290. The van der Waals surface area contributed by atoms with Crippen molar-refractivity contribution in [3.63, 3.8) is 0 Å². The van der Waals surface area contributed by atoms with Crippen LogP contribution in [-0.4, -0.2) is 15.9 Å². The Balaban J connectivity index is 1.41. The second-order valence-electron chi connectivity index (χ2n) is 7.05. The minimum Gasteiger partial charge on any atom is -0.338 e. The number of imidazole rings is 1. The van der Waals surface area contributed by atoms with Gasteiger partial charge in [-0.25, -0.2) is 4.98 Å². The molecule has 0 aliphatic heterocycles. The van der Waals surface area contributed by atoms with Crippen LogP contribution in [0.4, 0.5) is 5.69 Å². The molecule has 30 heavy (non-hydrogen) atoms. The summed E-state index contributed by atoms with van der Waals surface area (Å²) in [4.78, 5) is 20.9. The Morgan fingerprint density at radius 1 is 0.700 bits per heavy atom. The van der Waals surface area contributed by atoms with Gasteiger partial charge >= 0.3 is 0 Å². The van der Waals surface area contributed by atoms with Crippen molar-refractivity contribution in [2.24, 2.45) is 0 Å². The summed E-state index contributed by atoms with van der Waals surface area (Å²) in [7, 11) is 0. The number of aromatic amines is 1. The summed E-state index contributed by atoms with van der Waals surface area (Å²) in [6.45, 7) is 0. The maximum atomic E-state index is 12.9.